The number of aliphatic hydroxyl groups excluding tert-OH is 4. The summed E-state index contributed by atoms with van der Waals surface area (Å²) in [6, 6.07) is 2.52. The molecule has 7 N–H and O–H groups in total. The molecule has 298 valence electrons. The summed E-state index contributed by atoms with van der Waals surface area (Å²) in [5.41, 5.74) is -0.111. The van der Waals surface area contributed by atoms with Gasteiger partial charge in [-0.3, -0.25) is 19.4 Å². The van der Waals surface area contributed by atoms with Crippen LogP contribution in [0.4, 0.5) is 5.69 Å². The van der Waals surface area contributed by atoms with Crippen molar-refractivity contribution in [2.75, 3.05) is 37.7 Å². The van der Waals surface area contributed by atoms with Gasteiger partial charge in [-0.1, -0.05) is 0 Å². The van der Waals surface area contributed by atoms with Gasteiger partial charge in [0.1, 0.15) is 53.7 Å². The Morgan fingerprint density at radius 2 is 2.00 bits per heavy atom. The fraction of sp³-hybridized carbons (Fsp3) is 0.487. The highest BCUT2D eigenvalue weighted by atomic mass is 17.2. The number of allylic oxidation sites excluding steroid dienone is 1. The number of benzene rings is 1. The predicted octanol–water partition coefficient (Wildman–Crippen LogP) is -0.282. The van der Waals surface area contributed by atoms with Gasteiger partial charge in [0.05, 0.1) is 36.8 Å². The molecule has 1 fully saturated rings. The summed E-state index contributed by atoms with van der Waals surface area (Å²) in [7, 11) is 0. The standard InChI is InChI=1S/C39H45N5O12/c1-20-9-28(46)24-11-23-12-31(56-53-18-30(48)39(52,37(51)29(47)17-45)19-44-27-5-8-40-25(27)13-33(44)50)38(2,6-3-21-10-32(49)42-14-21)55-35(23)34(36(24)54-20)43-15-22-4-7-41-26(22)16-43/h4-5,7-9,11,13,15,21,27,29-31,37,40,45,47-48,51-52H,3,6,10,12,14,16-19H2,1-2H3,(H,42,49)/t21-,27?,29-,30+,31-,37-,38-,39-/m1/s1. The van der Waals surface area contributed by atoms with Crippen LogP contribution in [0.1, 0.15) is 37.5 Å². The Bertz CT molecular complexity index is 2160. The van der Waals surface area contributed by atoms with Crippen LogP contribution in [0.5, 0.6) is 5.75 Å². The van der Waals surface area contributed by atoms with Crippen molar-refractivity contribution < 1.29 is 54.1 Å². The number of aryl methyl sites for hydroxylation is 1. The molecule has 0 saturated carbocycles. The highest BCUT2D eigenvalue weighted by Crippen LogP contribution is 2.48. The molecule has 2 aromatic rings. The summed E-state index contributed by atoms with van der Waals surface area (Å²) in [5.74, 6) is 0.409. The van der Waals surface area contributed by atoms with E-state index >= 15 is 0 Å². The number of carbonyl (C=O) groups is 2. The van der Waals surface area contributed by atoms with Crippen LogP contribution in [0.3, 0.4) is 0 Å². The maximum Gasteiger partial charge on any atom is 0.249 e. The van der Waals surface area contributed by atoms with Crippen LogP contribution in [0.25, 0.3) is 11.0 Å². The average Bonchev–Trinajstić information content (AvgIpc) is 4.00. The number of amides is 2. The van der Waals surface area contributed by atoms with Gasteiger partial charge < -0.3 is 55.1 Å². The van der Waals surface area contributed by atoms with Gasteiger partial charge in [0.15, 0.2) is 16.8 Å². The number of hydrogen-bond acceptors (Lipinski definition) is 15. The summed E-state index contributed by atoms with van der Waals surface area (Å²) >= 11 is 0. The summed E-state index contributed by atoms with van der Waals surface area (Å²) < 4.78 is 13.2. The molecule has 1 aromatic heterocycles. The summed E-state index contributed by atoms with van der Waals surface area (Å²) in [4.78, 5) is 57.6. The number of carbonyl (C=O) groups excluding carboxylic acids is 2. The molecule has 2 amide bonds. The molecule has 56 heavy (non-hydrogen) atoms. The van der Waals surface area contributed by atoms with Gasteiger partial charge in [-0.2, -0.15) is 0 Å². The van der Waals surface area contributed by atoms with Gasteiger partial charge in [0.25, 0.3) is 0 Å². The number of anilines is 1. The normalized spacial score (nSPS) is 27.6. The topological polar surface area (TPSA) is 236 Å². The summed E-state index contributed by atoms with van der Waals surface area (Å²) in [5, 5.41) is 60.4. The van der Waals surface area contributed by atoms with Crippen molar-refractivity contribution in [2.45, 2.75) is 81.2 Å². The van der Waals surface area contributed by atoms with Gasteiger partial charge in [-0.25, -0.2) is 9.78 Å². The van der Waals surface area contributed by atoms with E-state index in [1.807, 2.05) is 24.1 Å². The number of fused-ring (bicyclic) bond motifs is 4. The zero-order valence-electron chi connectivity index (χ0n) is 30.9. The third-order valence-corrected chi connectivity index (χ3v) is 11.6. The molecule has 1 unspecified atom stereocenters. The number of nitrogens with one attached hydrogen (secondary N) is 2. The zero-order chi connectivity index (χ0) is 39.5. The molecular formula is C39H45N5O12. The van der Waals surface area contributed by atoms with Crippen LogP contribution >= 0.6 is 0 Å². The van der Waals surface area contributed by atoms with Crippen molar-refractivity contribution in [1.82, 2.24) is 15.5 Å². The highest BCUT2D eigenvalue weighted by Gasteiger charge is 2.51. The van der Waals surface area contributed by atoms with E-state index in [9.17, 15) is 39.9 Å². The van der Waals surface area contributed by atoms with Crippen LogP contribution in [0.2, 0.25) is 0 Å². The zero-order valence-corrected chi connectivity index (χ0v) is 30.9. The summed E-state index contributed by atoms with van der Waals surface area (Å²) in [6.07, 6.45) is 4.86. The van der Waals surface area contributed by atoms with Crippen LogP contribution in [0, 0.1) is 12.8 Å². The Morgan fingerprint density at radius 1 is 1.18 bits per heavy atom. The second-order valence-electron chi connectivity index (χ2n) is 15.5. The molecule has 8 rings (SSSR count). The third-order valence-electron chi connectivity index (χ3n) is 11.6. The molecule has 17 nitrogen and oxygen atoms in total. The van der Waals surface area contributed by atoms with Crippen LogP contribution < -0.4 is 25.7 Å². The molecule has 1 saturated heterocycles. The lowest BCUT2D eigenvalue weighted by Gasteiger charge is -2.44. The van der Waals surface area contributed by atoms with E-state index in [1.54, 1.807) is 31.5 Å². The Kier molecular flexibility index (Phi) is 9.89. The smallest absolute Gasteiger partial charge is 0.249 e. The first kappa shape index (κ1) is 38.0. The van der Waals surface area contributed by atoms with Crippen molar-refractivity contribution in [3.63, 3.8) is 0 Å². The molecular weight excluding hydrogens is 730 g/mol. The lowest BCUT2D eigenvalue weighted by atomic mass is 9.83. The molecule has 1 aromatic carbocycles. The monoisotopic (exact) mass is 775 g/mol. The largest absolute Gasteiger partial charge is 0.482 e. The summed E-state index contributed by atoms with van der Waals surface area (Å²) in [6.45, 7) is 2.16. The first-order valence-electron chi connectivity index (χ1n) is 18.7. The fourth-order valence-electron chi connectivity index (χ4n) is 8.31. The number of aliphatic imine (C=N–C) groups is 1. The van der Waals surface area contributed by atoms with Gasteiger partial charge in [0.2, 0.25) is 11.8 Å². The Labute approximate surface area is 320 Å². The maximum absolute atomic E-state index is 13.4. The minimum atomic E-state index is -2.59. The first-order valence-corrected chi connectivity index (χ1v) is 18.7. The van der Waals surface area contributed by atoms with Crippen molar-refractivity contribution >= 4 is 34.2 Å². The van der Waals surface area contributed by atoms with Crippen LogP contribution in [0.15, 0.2) is 74.4 Å². The van der Waals surface area contributed by atoms with E-state index in [4.69, 9.17) is 18.9 Å². The van der Waals surface area contributed by atoms with Crippen LogP contribution in [-0.2, 0) is 25.8 Å². The van der Waals surface area contributed by atoms with Crippen molar-refractivity contribution in [2.24, 2.45) is 10.9 Å². The lowest BCUT2D eigenvalue weighted by molar-refractivity contribution is -0.365. The Morgan fingerprint density at radius 3 is 2.75 bits per heavy atom. The molecule has 0 bridgehead atoms. The van der Waals surface area contributed by atoms with Gasteiger partial charge >= 0.3 is 0 Å². The SMILES string of the molecule is Cc1cc(=O)c2cc3c(c(N4C=C5C=CN=C5C4)c2o1)O[C@](C)(CC[C@H]1CNC(=O)C1)[C@H](OOC[C@H](O)[C@](O)(CN1C(=O)C=C2NC=CC21)[C@H](O)[C@H](O)CO)C3. The van der Waals surface area contributed by atoms with Gasteiger partial charge in [0, 0.05) is 60.8 Å². The number of β-amino-alcohol motifs (C(OH)–C–C–N with tert-alkyl or cyclic N) is 1. The van der Waals surface area contributed by atoms with E-state index in [0.717, 1.165) is 11.3 Å². The third kappa shape index (κ3) is 6.72. The molecule has 17 heteroatoms. The van der Waals surface area contributed by atoms with Gasteiger partial charge in [-0.15, -0.1) is 0 Å². The van der Waals surface area contributed by atoms with E-state index in [-0.39, 0.29) is 23.7 Å². The number of hydrogen-bond donors (Lipinski definition) is 7. The lowest BCUT2D eigenvalue weighted by Crippen LogP contribution is -2.65. The predicted molar refractivity (Wildman–Crippen MR) is 199 cm³/mol. The number of rotatable bonds is 14. The van der Waals surface area contributed by atoms with Crippen molar-refractivity contribution in [1.29, 1.82) is 0 Å². The Hall–Kier alpha value is -4.88. The minimum absolute atomic E-state index is 0.0345. The molecule has 8 atom stereocenters. The molecule has 7 heterocycles. The van der Waals surface area contributed by atoms with Gasteiger partial charge in [-0.05, 0) is 57.0 Å². The van der Waals surface area contributed by atoms with Crippen molar-refractivity contribution in [3.8, 4) is 5.75 Å². The van der Waals surface area contributed by atoms with E-state index in [0.29, 0.717) is 71.8 Å². The van der Waals surface area contributed by atoms with E-state index in [1.165, 1.54) is 17.0 Å². The molecule has 0 spiro atoms. The average molecular weight is 776 g/mol. The fourth-order valence-corrected chi connectivity index (χ4v) is 8.31. The number of nitrogens with zero attached hydrogens (tertiary/aromatic N) is 3. The second-order valence-corrected chi connectivity index (χ2v) is 15.5. The number of aliphatic hydroxyl groups is 5. The maximum atomic E-state index is 13.4. The molecule has 6 aliphatic rings. The quantitative estimate of drug-likeness (QED) is 0.0966. The van der Waals surface area contributed by atoms with E-state index in [2.05, 4.69) is 15.6 Å². The van der Waals surface area contributed by atoms with Crippen molar-refractivity contribution in [3.05, 3.63) is 81.8 Å². The molecule has 0 radical (unpaired) electrons. The molecule has 6 aliphatic heterocycles. The minimum Gasteiger partial charge on any atom is -0.482 e. The molecule has 0 aliphatic carbocycles. The first-order chi connectivity index (χ1) is 26.8. The Balaban J connectivity index is 1.09. The highest BCUT2D eigenvalue weighted by molar-refractivity contribution is 6.12. The van der Waals surface area contributed by atoms with Crippen LogP contribution in [-0.4, -0.2) is 122 Å². The second kappa shape index (κ2) is 14.6. The van der Waals surface area contributed by atoms with E-state index < -0.39 is 67.3 Å². The number of ether oxygens (including phenoxy) is 1.